The van der Waals surface area contributed by atoms with E-state index in [1.165, 1.54) is 0 Å². The van der Waals surface area contributed by atoms with Crippen LogP contribution < -0.4 is 10.2 Å². The Balaban J connectivity index is 1.52. The van der Waals surface area contributed by atoms with E-state index in [1.54, 1.807) is 36.1 Å². The number of halogens is 1. The summed E-state index contributed by atoms with van der Waals surface area (Å²) in [7, 11) is 0. The minimum atomic E-state index is -0.623. The Morgan fingerprint density at radius 1 is 1.21 bits per heavy atom. The second-order valence-corrected chi connectivity index (χ2v) is 8.44. The first-order chi connectivity index (χ1) is 14.0. The molecule has 2 aliphatic rings. The Bertz CT molecular complexity index is 888. The fourth-order valence-electron chi connectivity index (χ4n) is 4.32. The van der Waals surface area contributed by atoms with E-state index < -0.39 is 11.5 Å². The molecule has 0 radical (unpaired) electrons. The minimum Gasteiger partial charge on any atom is -0.343 e. The lowest BCUT2D eigenvalue weighted by atomic mass is 9.88. The van der Waals surface area contributed by atoms with Crippen molar-refractivity contribution in [3.63, 3.8) is 0 Å². The third-order valence-corrected chi connectivity index (χ3v) is 6.16. The Hall–Kier alpha value is -2.41. The SMILES string of the molecule is Cc1nc(C2(NC(=O)C3CC(=O)N(c4ccc(Cl)cc4)C3)CCCCCC2)no1. The molecule has 2 amide bonds. The largest absolute Gasteiger partial charge is 0.343 e. The van der Waals surface area contributed by atoms with Crippen LogP contribution in [0.5, 0.6) is 0 Å². The van der Waals surface area contributed by atoms with Crippen LogP contribution in [0, 0.1) is 12.8 Å². The molecule has 1 unspecified atom stereocenters. The zero-order valence-corrected chi connectivity index (χ0v) is 17.2. The summed E-state index contributed by atoms with van der Waals surface area (Å²) in [6, 6.07) is 7.10. The maximum absolute atomic E-state index is 13.2. The summed E-state index contributed by atoms with van der Waals surface area (Å²) in [6.07, 6.45) is 5.98. The molecule has 2 heterocycles. The number of hydrogen-bond donors (Lipinski definition) is 1. The molecule has 7 nitrogen and oxygen atoms in total. The molecule has 2 fully saturated rings. The molecule has 1 aromatic heterocycles. The van der Waals surface area contributed by atoms with Crippen molar-refractivity contribution in [2.24, 2.45) is 5.92 Å². The van der Waals surface area contributed by atoms with Crippen molar-refractivity contribution in [1.29, 1.82) is 0 Å². The van der Waals surface area contributed by atoms with Crippen LogP contribution in [0.25, 0.3) is 0 Å². The van der Waals surface area contributed by atoms with Gasteiger partial charge in [-0.15, -0.1) is 0 Å². The van der Waals surface area contributed by atoms with Gasteiger partial charge in [0.25, 0.3) is 0 Å². The average Bonchev–Trinajstić information content (AvgIpc) is 3.23. The van der Waals surface area contributed by atoms with Crippen LogP contribution >= 0.6 is 11.6 Å². The summed E-state index contributed by atoms with van der Waals surface area (Å²) in [4.78, 5) is 31.8. The van der Waals surface area contributed by atoms with E-state index in [0.717, 1.165) is 44.2 Å². The lowest BCUT2D eigenvalue weighted by Crippen LogP contribution is -2.49. The van der Waals surface area contributed by atoms with Crippen molar-refractivity contribution in [2.45, 2.75) is 57.4 Å². The molecule has 1 aliphatic carbocycles. The number of anilines is 1. The Kier molecular flexibility index (Phi) is 5.58. The molecule has 4 rings (SSSR count). The molecule has 1 aliphatic heterocycles. The molecule has 2 aromatic rings. The van der Waals surface area contributed by atoms with Gasteiger partial charge in [0.1, 0.15) is 5.54 Å². The standard InChI is InChI=1S/C21H25ClN4O3/c1-14-23-20(25-29-14)21(10-4-2-3-5-11-21)24-19(28)15-12-18(27)26(13-15)17-8-6-16(22)7-9-17/h6-9,15H,2-5,10-13H2,1H3,(H,24,28). The first-order valence-electron chi connectivity index (χ1n) is 10.2. The van der Waals surface area contributed by atoms with Gasteiger partial charge in [-0.05, 0) is 37.1 Å². The quantitative estimate of drug-likeness (QED) is 0.767. The van der Waals surface area contributed by atoms with Gasteiger partial charge >= 0.3 is 0 Å². The van der Waals surface area contributed by atoms with Crippen molar-refractivity contribution in [3.05, 3.63) is 41.0 Å². The number of benzene rings is 1. The average molecular weight is 417 g/mol. The first kappa shape index (κ1) is 19.9. The molecule has 1 aromatic carbocycles. The number of aryl methyl sites for hydroxylation is 1. The first-order valence-corrected chi connectivity index (χ1v) is 10.5. The molecule has 0 bridgehead atoms. The fourth-order valence-corrected chi connectivity index (χ4v) is 4.45. The Morgan fingerprint density at radius 2 is 1.90 bits per heavy atom. The predicted octanol–water partition coefficient (Wildman–Crippen LogP) is 3.75. The van der Waals surface area contributed by atoms with Crippen LogP contribution in [-0.2, 0) is 15.1 Å². The number of nitrogens with zero attached hydrogens (tertiary/aromatic N) is 3. The van der Waals surface area contributed by atoms with Gasteiger partial charge in [-0.3, -0.25) is 9.59 Å². The third kappa shape index (κ3) is 4.15. The second-order valence-electron chi connectivity index (χ2n) is 8.00. The highest BCUT2D eigenvalue weighted by molar-refractivity contribution is 6.30. The number of carbonyl (C=O) groups is 2. The Morgan fingerprint density at radius 3 is 2.52 bits per heavy atom. The maximum Gasteiger partial charge on any atom is 0.227 e. The summed E-state index contributed by atoms with van der Waals surface area (Å²) < 4.78 is 5.21. The van der Waals surface area contributed by atoms with Crippen molar-refractivity contribution < 1.29 is 14.1 Å². The second kappa shape index (κ2) is 8.14. The number of amides is 2. The topological polar surface area (TPSA) is 88.3 Å². The lowest BCUT2D eigenvalue weighted by molar-refractivity contribution is -0.128. The molecule has 154 valence electrons. The number of hydrogen-bond acceptors (Lipinski definition) is 5. The van der Waals surface area contributed by atoms with Crippen LogP contribution in [0.15, 0.2) is 28.8 Å². The fraction of sp³-hybridized carbons (Fsp3) is 0.524. The van der Waals surface area contributed by atoms with Crippen molar-refractivity contribution in [3.8, 4) is 0 Å². The van der Waals surface area contributed by atoms with Gasteiger partial charge in [-0.2, -0.15) is 4.98 Å². The molecular weight excluding hydrogens is 392 g/mol. The third-order valence-electron chi connectivity index (χ3n) is 5.91. The Labute approximate surface area is 174 Å². The highest BCUT2D eigenvalue weighted by Crippen LogP contribution is 2.36. The smallest absolute Gasteiger partial charge is 0.227 e. The van der Waals surface area contributed by atoms with E-state index in [2.05, 4.69) is 15.5 Å². The number of nitrogens with one attached hydrogen (secondary N) is 1. The van der Waals surface area contributed by atoms with Crippen LogP contribution in [0.3, 0.4) is 0 Å². The molecule has 29 heavy (non-hydrogen) atoms. The zero-order chi connectivity index (χ0) is 20.4. The summed E-state index contributed by atoms with van der Waals surface area (Å²) in [5, 5.41) is 7.96. The molecule has 1 saturated carbocycles. The zero-order valence-electron chi connectivity index (χ0n) is 16.5. The lowest BCUT2D eigenvalue weighted by Gasteiger charge is -2.31. The van der Waals surface area contributed by atoms with Gasteiger partial charge in [0.15, 0.2) is 5.82 Å². The summed E-state index contributed by atoms with van der Waals surface area (Å²) in [6.45, 7) is 2.11. The predicted molar refractivity (Wildman–Crippen MR) is 108 cm³/mol. The molecule has 1 N–H and O–H groups in total. The molecule has 8 heteroatoms. The van der Waals surface area contributed by atoms with Gasteiger partial charge in [0.2, 0.25) is 17.7 Å². The van der Waals surface area contributed by atoms with Crippen LogP contribution in [0.1, 0.15) is 56.7 Å². The van der Waals surface area contributed by atoms with Crippen molar-refractivity contribution in [1.82, 2.24) is 15.5 Å². The highest BCUT2D eigenvalue weighted by Gasteiger charge is 2.42. The summed E-state index contributed by atoms with van der Waals surface area (Å²) in [5.74, 6) is 0.440. The normalized spacial score (nSPS) is 21.8. The highest BCUT2D eigenvalue weighted by atomic mass is 35.5. The number of carbonyl (C=O) groups excluding carboxylic acids is 2. The van der Waals surface area contributed by atoms with E-state index >= 15 is 0 Å². The number of aromatic nitrogens is 2. The van der Waals surface area contributed by atoms with Gasteiger partial charge in [0.05, 0.1) is 5.92 Å². The van der Waals surface area contributed by atoms with E-state index in [0.29, 0.717) is 23.3 Å². The van der Waals surface area contributed by atoms with Gasteiger partial charge < -0.3 is 14.7 Å². The monoisotopic (exact) mass is 416 g/mol. The van der Waals surface area contributed by atoms with E-state index in [-0.39, 0.29) is 18.2 Å². The summed E-state index contributed by atoms with van der Waals surface area (Å²) >= 11 is 5.94. The van der Waals surface area contributed by atoms with Gasteiger partial charge in [0, 0.05) is 30.6 Å². The van der Waals surface area contributed by atoms with Crippen LogP contribution in [0.4, 0.5) is 5.69 Å². The molecular formula is C21H25ClN4O3. The van der Waals surface area contributed by atoms with Crippen molar-refractivity contribution >= 4 is 29.1 Å². The molecule has 0 spiro atoms. The van der Waals surface area contributed by atoms with Gasteiger partial charge in [-0.25, -0.2) is 0 Å². The maximum atomic E-state index is 13.2. The van der Waals surface area contributed by atoms with Crippen molar-refractivity contribution in [2.75, 3.05) is 11.4 Å². The molecule has 1 saturated heterocycles. The van der Waals surface area contributed by atoms with Crippen LogP contribution in [-0.4, -0.2) is 28.5 Å². The van der Waals surface area contributed by atoms with Gasteiger partial charge in [-0.1, -0.05) is 42.4 Å². The van der Waals surface area contributed by atoms with E-state index in [9.17, 15) is 9.59 Å². The van der Waals surface area contributed by atoms with E-state index in [4.69, 9.17) is 16.1 Å². The summed E-state index contributed by atoms with van der Waals surface area (Å²) in [5.41, 5.74) is 0.134. The molecule has 1 atom stereocenters. The minimum absolute atomic E-state index is 0.0576. The van der Waals surface area contributed by atoms with E-state index in [1.807, 2.05) is 0 Å². The number of rotatable bonds is 4. The van der Waals surface area contributed by atoms with Crippen LogP contribution in [0.2, 0.25) is 5.02 Å².